The summed E-state index contributed by atoms with van der Waals surface area (Å²) in [5.74, 6) is -0.532. The van der Waals surface area contributed by atoms with Crippen LogP contribution in [0, 0.1) is 17.1 Å². The summed E-state index contributed by atoms with van der Waals surface area (Å²) in [4.78, 5) is 32.0. The summed E-state index contributed by atoms with van der Waals surface area (Å²) < 4.78 is 14.9. The Labute approximate surface area is 218 Å². The fourth-order valence-corrected chi connectivity index (χ4v) is 4.49. The zero-order valence-electron chi connectivity index (χ0n) is 22.2. The van der Waals surface area contributed by atoms with Crippen molar-refractivity contribution in [2.24, 2.45) is 0 Å². The van der Waals surface area contributed by atoms with E-state index in [1.807, 2.05) is 57.1 Å². The zero-order chi connectivity index (χ0) is 26.2. The van der Waals surface area contributed by atoms with Crippen LogP contribution in [0.2, 0.25) is 0 Å². The third kappa shape index (κ3) is 6.53. The van der Waals surface area contributed by atoms with Crippen LogP contribution in [0.3, 0.4) is 0 Å². The van der Waals surface area contributed by atoms with Gasteiger partial charge in [0.15, 0.2) is 0 Å². The maximum atomic E-state index is 13.3. The summed E-state index contributed by atoms with van der Waals surface area (Å²) >= 11 is 0. The molecule has 0 aliphatic carbocycles. The van der Waals surface area contributed by atoms with Gasteiger partial charge in [0.05, 0.1) is 11.2 Å². The fourth-order valence-electron chi connectivity index (χ4n) is 4.49. The van der Waals surface area contributed by atoms with Crippen LogP contribution in [0.25, 0.3) is 10.9 Å². The molecule has 0 unspecified atom stereocenters. The molecule has 1 aromatic heterocycles. The van der Waals surface area contributed by atoms with Gasteiger partial charge in [0.1, 0.15) is 17.4 Å². The molecule has 1 amide bonds. The number of rotatable bonds is 6. The van der Waals surface area contributed by atoms with Crippen molar-refractivity contribution in [3.8, 4) is 6.07 Å². The van der Waals surface area contributed by atoms with E-state index >= 15 is 0 Å². The number of halogens is 1. The van der Waals surface area contributed by atoms with Gasteiger partial charge >= 0.3 is 0 Å². The molecule has 0 atom stereocenters. The number of hydrogen-bond donors (Lipinski definition) is 1. The molecule has 2 heterocycles. The summed E-state index contributed by atoms with van der Waals surface area (Å²) in [5, 5.41) is 10.8. The number of fused-ring (bicyclic) bond motifs is 1. The molecule has 9 heteroatoms. The number of hydrogen-bond acceptors (Lipinski definition) is 6. The van der Waals surface area contributed by atoms with Gasteiger partial charge in [-0.25, -0.2) is 4.39 Å². The van der Waals surface area contributed by atoms with Crippen molar-refractivity contribution in [2.45, 2.75) is 26.8 Å². The third-order valence-electron chi connectivity index (χ3n) is 6.22. The second kappa shape index (κ2) is 13.5. The number of benzene rings is 2. The molecule has 3 aromatic rings. The Kier molecular flexibility index (Phi) is 10.8. The number of nitrogens with zero attached hydrogens (tertiary/aromatic N) is 5. The number of nitriles is 1. The number of piperazine rings is 1. The standard InChI is InChI=1S/C26H28FN5O2.C2H6.H3N/c1-29(2)12-5-13-32-23-7-4-3-6-21(23)24(22(18-28)26(32)34)30-14-16-31(17-15-30)25(33)19-8-10-20(27)11-9-19;1-2;/h3-4,6-11H,5,12-17H2,1-2H3;1-2H3;1H3. The van der Waals surface area contributed by atoms with Crippen LogP contribution >= 0.6 is 0 Å². The quantitative estimate of drug-likeness (QED) is 0.537. The van der Waals surface area contributed by atoms with Gasteiger partial charge < -0.3 is 25.4 Å². The largest absolute Gasteiger partial charge is 0.366 e. The first-order chi connectivity index (χ1) is 17.4. The number of amides is 1. The van der Waals surface area contributed by atoms with Gasteiger partial charge in [0, 0.05) is 43.7 Å². The van der Waals surface area contributed by atoms with E-state index in [1.165, 1.54) is 24.3 Å². The Morgan fingerprint density at radius 3 is 2.24 bits per heavy atom. The molecule has 1 aliphatic heterocycles. The SMILES string of the molecule is CC.CN(C)CCCn1c(=O)c(C#N)c(N2CCN(C(=O)c3ccc(F)cc3)CC2)c2ccccc21.N. The highest BCUT2D eigenvalue weighted by Gasteiger charge is 2.27. The minimum atomic E-state index is -0.381. The van der Waals surface area contributed by atoms with Crippen molar-refractivity contribution in [3.05, 3.63) is 75.8 Å². The molecule has 2 aromatic carbocycles. The highest BCUT2D eigenvalue weighted by molar-refractivity contribution is 5.96. The lowest BCUT2D eigenvalue weighted by molar-refractivity contribution is 0.0747. The highest BCUT2D eigenvalue weighted by Crippen LogP contribution is 2.30. The Morgan fingerprint density at radius 2 is 1.65 bits per heavy atom. The zero-order valence-corrected chi connectivity index (χ0v) is 22.2. The maximum absolute atomic E-state index is 13.3. The van der Waals surface area contributed by atoms with Crippen LogP contribution in [0.4, 0.5) is 10.1 Å². The van der Waals surface area contributed by atoms with Crippen LogP contribution in [-0.4, -0.2) is 67.1 Å². The first-order valence-electron chi connectivity index (χ1n) is 12.4. The number of anilines is 1. The minimum absolute atomic E-state index is 0. The van der Waals surface area contributed by atoms with E-state index in [-0.39, 0.29) is 29.0 Å². The summed E-state index contributed by atoms with van der Waals surface area (Å²) in [5.41, 5.74) is 1.76. The van der Waals surface area contributed by atoms with Crippen LogP contribution in [0.15, 0.2) is 53.3 Å². The van der Waals surface area contributed by atoms with Crippen LogP contribution in [0.1, 0.15) is 36.2 Å². The summed E-state index contributed by atoms with van der Waals surface area (Å²) in [6, 6.07) is 15.4. The normalized spacial score (nSPS) is 13.0. The lowest BCUT2D eigenvalue weighted by atomic mass is 10.1. The van der Waals surface area contributed by atoms with Crippen molar-refractivity contribution < 1.29 is 9.18 Å². The second-order valence-electron chi connectivity index (χ2n) is 8.75. The summed E-state index contributed by atoms with van der Waals surface area (Å²) in [6.45, 7) is 7.26. The second-order valence-corrected chi connectivity index (χ2v) is 8.75. The van der Waals surface area contributed by atoms with E-state index in [4.69, 9.17) is 0 Å². The van der Waals surface area contributed by atoms with Gasteiger partial charge in [0.25, 0.3) is 11.5 Å². The average Bonchev–Trinajstić information content (AvgIpc) is 2.90. The van der Waals surface area contributed by atoms with E-state index < -0.39 is 0 Å². The fraction of sp³-hybridized carbons (Fsp3) is 0.393. The Balaban J connectivity index is 0.00000157. The number of para-hydroxylation sites is 1. The molecular formula is C28H37FN6O2. The van der Waals surface area contributed by atoms with Gasteiger partial charge in [0.2, 0.25) is 0 Å². The van der Waals surface area contributed by atoms with E-state index in [0.29, 0.717) is 44.0 Å². The van der Waals surface area contributed by atoms with Gasteiger partial charge in [-0.3, -0.25) is 9.59 Å². The van der Waals surface area contributed by atoms with Gasteiger partial charge in [-0.1, -0.05) is 32.0 Å². The topological polar surface area (TPSA) is 108 Å². The number of aromatic nitrogens is 1. The molecular weight excluding hydrogens is 471 g/mol. The molecule has 1 aliphatic rings. The molecule has 37 heavy (non-hydrogen) atoms. The predicted molar refractivity (Wildman–Crippen MR) is 147 cm³/mol. The number of carbonyl (C=O) groups excluding carboxylic acids is 1. The summed E-state index contributed by atoms with van der Waals surface area (Å²) in [7, 11) is 3.98. The molecule has 198 valence electrons. The van der Waals surface area contributed by atoms with Crippen molar-refractivity contribution in [1.29, 1.82) is 5.26 Å². The van der Waals surface area contributed by atoms with Crippen molar-refractivity contribution in [3.63, 3.8) is 0 Å². The lowest BCUT2D eigenvalue weighted by Gasteiger charge is -2.37. The van der Waals surface area contributed by atoms with E-state index in [2.05, 4.69) is 11.0 Å². The molecule has 0 bridgehead atoms. The van der Waals surface area contributed by atoms with Crippen molar-refractivity contribution in [1.82, 2.24) is 20.5 Å². The van der Waals surface area contributed by atoms with Crippen molar-refractivity contribution >= 4 is 22.5 Å². The average molecular weight is 509 g/mol. The molecule has 0 radical (unpaired) electrons. The smallest absolute Gasteiger partial charge is 0.271 e. The first kappa shape index (κ1) is 29.5. The first-order valence-corrected chi connectivity index (χ1v) is 12.4. The molecule has 3 N–H and O–H groups in total. The van der Waals surface area contributed by atoms with Crippen molar-refractivity contribution in [2.75, 3.05) is 51.7 Å². The monoisotopic (exact) mass is 508 g/mol. The van der Waals surface area contributed by atoms with E-state index in [1.54, 1.807) is 9.47 Å². The van der Waals surface area contributed by atoms with Gasteiger partial charge in [-0.2, -0.15) is 5.26 Å². The number of carbonyl (C=O) groups is 1. The molecule has 0 saturated carbocycles. The molecule has 8 nitrogen and oxygen atoms in total. The lowest BCUT2D eigenvalue weighted by Crippen LogP contribution is -2.49. The van der Waals surface area contributed by atoms with Gasteiger partial charge in [-0.15, -0.1) is 0 Å². The predicted octanol–water partition coefficient (Wildman–Crippen LogP) is 4.11. The van der Waals surface area contributed by atoms with Crippen LogP contribution in [0.5, 0.6) is 0 Å². The van der Waals surface area contributed by atoms with Crippen LogP contribution in [-0.2, 0) is 6.54 Å². The minimum Gasteiger partial charge on any atom is -0.366 e. The van der Waals surface area contributed by atoms with Gasteiger partial charge in [-0.05, 0) is 57.4 Å². The molecule has 4 rings (SSSR count). The molecule has 0 spiro atoms. The Bertz CT molecular complexity index is 1290. The number of aryl methyl sites for hydroxylation is 1. The Hall–Kier alpha value is -3.74. The Morgan fingerprint density at radius 1 is 1.03 bits per heavy atom. The van der Waals surface area contributed by atoms with E-state index in [0.717, 1.165) is 23.9 Å². The van der Waals surface area contributed by atoms with Crippen LogP contribution < -0.4 is 16.6 Å². The van der Waals surface area contributed by atoms with E-state index in [9.17, 15) is 19.2 Å². The molecule has 1 fully saturated rings. The summed E-state index contributed by atoms with van der Waals surface area (Å²) in [6.07, 6.45) is 0.797. The maximum Gasteiger partial charge on any atom is 0.271 e. The number of pyridine rings is 1. The molecule has 1 saturated heterocycles. The highest BCUT2D eigenvalue weighted by atomic mass is 19.1. The third-order valence-corrected chi connectivity index (χ3v) is 6.22.